The molecule has 0 bridgehead atoms. The molecule has 0 aliphatic rings. The van der Waals surface area contributed by atoms with E-state index in [2.05, 4.69) is 21.2 Å². The normalized spacial score (nSPS) is 10.2. The van der Waals surface area contributed by atoms with Crippen LogP contribution in [0, 0.1) is 5.82 Å². The molecule has 2 aromatic rings. The molecule has 0 aliphatic heterocycles. The summed E-state index contributed by atoms with van der Waals surface area (Å²) in [6, 6.07) is 9.83. The molecule has 0 aromatic heterocycles. The van der Waals surface area contributed by atoms with E-state index in [1.54, 1.807) is 24.3 Å². The van der Waals surface area contributed by atoms with Gasteiger partial charge in [-0.25, -0.2) is 4.39 Å². The number of methoxy groups -OCH3 is 1. The number of thiocarbonyl (C=S) groups is 1. The van der Waals surface area contributed by atoms with E-state index in [0.717, 1.165) is 4.47 Å². The van der Waals surface area contributed by atoms with Gasteiger partial charge in [-0.2, -0.15) is 0 Å². The van der Waals surface area contributed by atoms with Crippen LogP contribution >= 0.6 is 28.1 Å². The van der Waals surface area contributed by atoms with Gasteiger partial charge in [0.05, 0.1) is 12.8 Å². The van der Waals surface area contributed by atoms with E-state index in [1.807, 2.05) is 6.07 Å². The molecule has 3 N–H and O–H groups in total. The summed E-state index contributed by atoms with van der Waals surface area (Å²) in [5, 5.41) is 2.98. The van der Waals surface area contributed by atoms with Crippen LogP contribution in [0.3, 0.4) is 0 Å². The second kappa shape index (κ2) is 6.19. The first-order chi connectivity index (χ1) is 9.51. The predicted octanol–water partition coefficient (Wildman–Crippen LogP) is 3.97. The first-order valence-corrected chi connectivity index (χ1v) is 6.91. The van der Waals surface area contributed by atoms with Gasteiger partial charge in [0.15, 0.2) is 0 Å². The summed E-state index contributed by atoms with van der Waals surface area (Å²) < 4.78 is 19.7. The van der Waals surface area contributed by atoms with E-state index < -0.39 is 0 Å². The number of rotatable bonds is 4. The van der Waals surface area contributed by atoms with Gasteiger partial charge >= 0.3 is 0 Å². The van der Waals surface area contributed by atoms with E-state index in [4.69, 9.17) is 22.7 Å². The fourth-order valence-electron chi connectivity index (χ4n) is 1.70. The van der Waals surface area contributed by atoms with Gasteiger partial charge < -0.3 is 15.8 Å². The van der Waals surface area contributed by atoms with Crippen molar-refractivity contribution in [3.63, 3.8) is 0 Å². The van der Waals surface area contributed by atoms with E-state index in [-0.39, 0.29) is 10.8 Å². The molecular weight excluding hydrogens is 343 g/mol. The van der Waals surface area contributed by atoms with Gasteiger partial charge in [-0.15, -0.1) is 0 Å². The van der Waals surface area contributed by atoms with E-state index in [9.17, 15) is 4.39 Å². The zero-order valence-corrected chi connectivity index (χ0v) is 13.0. The summed E-state index contributed by atoms with van der Waals surface area (Å²) >= 11 is 8.36. The highest BCUT2D eigenvalue weighted by Gasteiger charge is 2.10. The molecule has 6 heteroatoms. The average Bonchev–Trinajstić information content (AvgIpc) is 2.42. The smallest absolute Gasteiger partial charge is 0.146 e. The zero-order chi connectivity index (χ0) is 14.7. The molecule has 2 aromatic carbocycles. The van der Waals surface area contributed by atoms with Gasteiger partial charge in [-0.05, 0) is 30.3 Å². The minimum absolute atomic E-state index is 0.233. The summed E-state index contributed by atoms with van der Waals surface area (Å²) in [4.78, 5) is 0.233. The average molecular weight is 355 g/mol. The molecule has 0 atom stereocenters. The van der Waals surface area contributed by atoms with Gasteiger partial charge in [0.1, 0.15) is 16.6 Å². The van der Waals surface area contributed by atoms with Gasteiger partial charge in [0, 0.05) is 21.8 Å². The predicted molar refractivity (Wildman–Crippen MR) is 86.3 cm³/mol. The van der Waals surface area contributed by atoms with Crippen LogP contribution in [0.2, 0.25) is 0 Å². The van der Waals surface area contributed by atoms with Crippen LogP contribution < -0.4 is 15.8 Å². The quantitative estimate of drug-likeness (QED) is 0.815. The van der Waals surface area contributed by atoms with Crippen molar-refractivity contribution in [1.29, 1.82) is 0 Å². The third-order valence-electron chi connectivity index (χ3n) is 2.69. The number of benzene rings is 2. The lowest BCUT2D eigenvalue weighted by Gasteiger charge is -2.13. The number of hydrogen-bond donors (Lipinski definition) is 2. The number of nitrogens with one attached hydrogen (secondary N) is 1. The summed E-state index contributed by atoms with van der Waals surface area (Å²) in [5.41, 5.74) is 7.25. The largest absolute Gasteiger partial charge is 0.497 e. The Morgan fingerprint density at radius 2 is 2.00 bits per heavy atom. The molecule has 3 nitrogen and oxygen atoms in total. The Morgan fingerprint density at radius 1 is 1.25 bits per heavy atom. The lowest BCUT2D eigenvalue weighted by molar-refractivity contribution is 0.414. The molecule has 0 unspecified atom stereocenters. The third-order valence-corrected chi connectivity index (χ3v) is 3.40. The lowest BCUT2D eigenvalue weighted by atomic mass is 10.1. The van der Waals surface area contributed by atoms with E-state index >= 15 is 0 Å². The van der Waals surface area contributed by atoms with Crippen LogP contribution in [0.4, 0.5) is 15.8 Å². The maximum Gasteiger partial charge on any atom is 0.146 e. The van der Waals surface area contributed by atoms with Crippen molar-refractivity contribution in [3.05, 3.63) is 52.3 Å². The fourth-order valence-corrected chi connectivity index (χ4v) is 2.23. The molecule has 0 fully saturated rings. The maximum atomic E-state index is 13.8. The summed E-state index contributed by atoms with van der Waals surface area (Å²) in [7, 11) is 1.52. The third kappa shape index (κ3) is 3.26. The summed E-state index contributed by atoms with van der Waals surface area (Å²) in [6.07, 6.45) is 0. The number of nitrogens with two attached hydrogens (primary N) is 1. The minimum Gasteiger partial charge on any atom is -0.497 e. The Hall–Kier alpha value is -1.66. The molecule has 2 rings (SSSR count). The zero-order valence-electron chi connectivity index (χ0n) is 10.6. The number of hydrogen-bond acceptors (Lipinski definition) is 3. The van der Waals surface area contributed by atoms with Crippen LogP contribution in [-0.4, -0.2) is 12.1 Å². The molecule has 0 amide bonds. The monoisotopic (exact) mass is 354 g/mol. The Morgan fingerprint density at radius 3 is 2.65 bits per heavy atom. The fraction of sp³-hybridized carbons (Fsp3) is 0.0714. The molecule has 0 saturated carbocycles. The van der Waals surface area contributed by atoms with Crippen LogP contribution in [0.15, 0.2) is 40.9 Å². The maximum absolute atomic E-state index is 13.8. The Kier molecular flexibility index (Phi) is 4.57. The standard InChI is InChI=1S/C14H12BrFN2OS/c1-19-9-3-4-11(16)13(7-9)18-12-5-2-8(15)6-10(12)14(17)20/h2-7,18H,1H3,(H2,17,20). The number of ether oxygens (including phenoxy) is 1. The molecule has 0 radical (unpaired) electrons. The van der Waals surface area contributed by atoms with Crippen molar-refractivity contribution in [2.75, 3.05) is 12.4 Å². The van der Waals surface area contributed by atoms with Crippen LogP contribution in [0.5, 0.6) is 5.75 Å². The Bertz CT molecular complexity index is 664. The molecule has 20 heavy (non-hydrogen) atoms. The van der Waals surface area contributed by atoms with Crippen LogP contribution in [0.1, 0.15) is 5.56 Å². The van der Waals surface area contributed by atoms with Crippen molar-refractivity contribution in [3.8, 4) is 5.75 Å². The number of halogens is 2. The number of anilines is 2. The van der Waals surface area contributed by atoms with Gasteiger partial charge in [-0.1, -0.05) is 28.1 Å². The SMILES string of the molecule is COc1ccc(F)c(Nc2ccc(Br)cc2C(N)=S)c1. The minimum atomic E-state index is -0.386. The highest BCUT2D eigenvalue weighted by Crippen LogP contribution is 2.28. The second-order valence-electron chi connectivity index (χ2n) is 4.02. The Labute approximate surface area is 130 Å². The Balaban J connectivity index is 2.42. The summed E-state index contributed by atoms with van der Waals surface area (Å²) in [6.45, 7) is 0. The summed E-state index contributed by atoms with van der Waals surface area (Å²) in [5.74, 6) is 0.172. The van der Waals surface area contributed by atoms with Crippen molar-refractivity contribution < 1.29 is 9.13 Å². The van der Waals surface area contributed by atoms with Crippen LogP contribution in [-0.2, 0) is 0 Å². The highest BCUT2D eigenvalue weighted by molar-refractivity contribution is 9.10. The van der Waals surface area contributed by atoms with E-state index in [0.29, 0.717) is 22.7 Å². The topological polar surface area (TPSA) is 47.3 Å². The second-order valence-corrected chi connectivity index (χ2v) is 5.38. The molecule has 104 valence electrons. The van der Waals surface area contributed by atoms with Crippen LogP contribution in [0.25, 0.3) is 0 Å². The first-order valence-electron chi connectivity index (χ1n) is 5.71. The highest BCUT2D eigenvalue weighted by atomic mass is 79.9. The van der Waals surface area contributed by atoms with Crippen molar-refractivity contribution in [2.24, 2.45) is 5.73 Å². The van der Waals surface area contributed by atoms with E-state index in [1.165, 1.54) is 13.2 Å². The molecule has 0 spiro atoms. The molecule has 0 saturated heterocycles. The van der Waals surface area contributed by atoms with Gasteiger partial charge in [0.2, 0.25) is 0 Å². The van der Waals surface area contributed by atoms with Gasteiger partial charge in [0.25, 0.3) is 0 Å². The van der Waals surface area contributed by atoms with Crippen molar-refractivity contribution in [1.82, 2.24) is 0 Å². The molecule has 0 heterocycles. The first kappa shape index (κ1) is 14.7. The lowest BCUT2D eigenvalue weighted by Crippen LogP contribution is -2.12. The van der Waals surface area contributed by atoms with Crippen molar-refractivity contribution >= 4 is 44.5 Å². The molecular formula is C14H12BrFN2OS. The molecule has 0 aliphatic carbocycles. The van der Waals surface area contributed by atoms with Gasteiger partial charge in [-0.3, -0.25) is 0 Å². The van der Waals surface area contributed by atoms with Crippen molar-refractivity contribution in [2.45, 2.75) is 0 Å².